The predicted molar refractivity (Wildman–Crippen MR) is 76.0 cm³/mol. The van der Waals surface area contributed by atoms with Crippen LogP contribution in [0.1, 0.15) is 37.7 Å². The quantitative estimate of drug-likeness (QED) is 0.726. The Balaban J connectivity index is 1.64. The second kappa shape index (κ2) is 7.33. The summed E-state index contributed by atoms with van der Waals surface area (Å²) >= 11 is 2.08. The monoisotopic (exact) mass is 261 g/mol. The fraction of sp³-hybridized carbons (Fsp3) is 0.533. The summed E-state index contributed by atoms with van der Waals surface area (Å²) in [4.78, 5) is 0. The summed E-state index contributed by atoms with van der Waals surface area (Å²) in [6.07, 6.45) is 6.65. The maximum Gasteiger partial charge on any atom is 0.137 e. The van der Waals surface area contributed by atoms with Gasteiger partial charge in [0.05, 0.1) is 12.2 Å². The summed E-state index contributed by atoms with van der Waals surface area (Å²) < 4.78 is 5.66. The molecule has 0 amide bonds. The van der Waals surface area contributed by atoms with Crippen LogP contribution in [-0.2, 0) is 0 Å². The second-order valence-electron chi connectivity index (χ2n) is 4.59. The molecule has 1 saturated carbocycles. The first-order chi connectivity index (χ1) is 8.90. The Kier molecular flexibility index (Phi) is 5.41. The Morgan fingerprint density at radius 2 is 2.06 bits per heavy atom. The molecule has 96 valence electrons. The van der Waals surface area contributed by atoms with Crippen molar-refractivity contribution in [1.82, 2.24) is 0 Å². The largest absolute Gasteiger partial charge is 0.492 e. The van der Waals surface area contributed by atoms with E-state index in [2.05, 4.69) is 17.8 Å². The van der Waals surface area contributed by atoms with Crippen LogP contribution in [0.2, 0.25) is 0 Å². The molecule has 0 unspecified atom stereocenters. The van der Waals surface area contributed by atoms with Gasteiger partial charge < -0.3 is 4.74 Å². The standard InChI is InChI=1S/C15H19NOS/c16-12-13-6-1-4-9-15(13)17-10-5-11-18-14-7-2-3-8-14/h1,4,6,9,14H,2-3,5,7-8,10-11H2. The molecule has 0 atom stereocenters. The van der Waals surface area contributed by atoms with E-state index in [1.54, 1.807) is 6.07 Å². The van der Waals surface area contributed by atoms with Crippen LogP contribution in [-0.4, -0.2) is 17.6 Å². The van der Waals surface area contributed by atoms with Gasteiger partial charge in [0.2, 0.25) is 0 Å². The minimum absolute atomic E-state index is 0.626. The number of nitriles is 1. The van der Waals surface area contributed by atoms with Gasteiger partial charge in [-0.15, -0.1) is 0 Å². The van der Waals surface area contributed by atoms with Crippen molar-refractivity contribution >= 4 is 11.8 Å². The fourth-order valence-corrected chi connectivity index (χ4v) is 3.52. The van der Waals surface area contributed by atoms with Gasteiger partial charge in [0.15, 0.2) is 0 Å². The van der Waals surface area contributed by atoms with Gasteiger partial charge in [0.1, 0.15) is 11.8 Å². The zero-order valence-electron chi connectivity index (χ0n) is 10.6. The molecule has 18 heavy (non-hydrogen) atoms. The number of ether oxygens (including phenoxy) is 1. The Morgan fingerprint density at radius 1 is 1.28 bits per heavy atom. The zero-order chi connectivity index (χ0) is 12.6. The van der Waals surface area contributed by atoms with E-state index in [1.807, 2.05) is 18.2 Å². The molecular weight excluding hydrogens is 242 g/mol. The van der Waals surface area contributed by atoms with Crippen LogP contribution >= 0.6 is 11.8 Å². The zero-order valence-corrected chi connectivity index (χ0v) is 11.4. The Morgan fingerprint density at radius 3 is 2.83 bits per heavy atom. The van der Waals surface area contributed by atoms with E-state index in [0.717, 1.165) is 11.7 Å². The van der Waals surface area contributed by atoms with Crippen molar-refractivity contribution in [3.05, 3.63) is 29.8 Å². The highest BCUT2D eigenvalue weighted by molar-refractivity contribution is 7.99. The molecular formula is C15H19NOS. The molecule has 0 bridgehead atoms. The number of benzene rings is 1. The molecule has 1 aromatic carbocycles. The molecule has 2 nitrogen and oxygen atoms in total. The van der Waals surface area contributed by atoms with Gasteiger partial charge >= 0.3 is 0 Å². The van der Waals surface area contributed by atoms with E-state index in [4.69, 9.17) is 10.00 Å². The first kappa shape index (κ1) is 13.3. The Bertz CT molecular complexity index is 407. The molecule has 1 aromatic rings. The summed E-state index contributed by atoms with van der Waals surface area (Å²) in [6, 6.07) is 9.58. The lowest BCUT2D eigenvalue weighted by molar-refractivity contribution is 0.318. The highest BCUT2D eigenvalue weighted by Gasteiger charge is 2.14. The molecule has 0 N–H and O–H groups in total. The van der Waals surface area contributed by atoms with Crippen LogP contribution in [0.15, 0.2) is 24.3 Å². The highest BCUT2D eigenvalue weighted by atomic mass is 32.2. The third-order valence-electron chi connectivity index (χ3n) is 3.21. The smallest absolute Gasteiger partial charge is 0.137 e. The summed E-state index contributed by atoms with van der Waals surface area (Å²) in [6.45, 7) is 0.707. The van der Waals surface area contributed by atoms with Gasteiger partial charge in [-0.3, -0.25) is 0 Å². The topological polar surface area (TPSA) is 33.0 Å². The molecule has 1 aliphatic rings. The van der Waals surface area contributed by atoms with E-state index in [9.17, 15) is 0 Å². The van der Waals surface area contributed by atoms with Crippen LogP contribution in [0.3, 0.4) is 0 Å². The average molecular weight is 261 g/mol. The van der Waals surface area contributed by atoms with E-state index < -0.39 is 0 Å². The van der Waals surface area contributed by atoms with Gasteiger partial charge in [-0.2, -0.15) is 17.0 Å². The van der Waals surface area contributed by atoms with Gasteiger partial charge in [-0.05, 0) is 37.1 Å². The SMILES string of the molecule is N#Cc1ccccc1OCCCSC1CCCC1. The van der Waals surface area contributed by atoms with Crippen molar-refractivity contribution in [2.75, 3.05) is 12.4 Å². The number of hydrogen-bond donors (Lipinski definition) is 0. The normalized spacial score (nSPS) is 15.5. The Labute approximate surface area is 113 Å². The molecule has 3 heteroatoms. The molecule has 2 rings (SSSR count). The van der Waals surface area contributed by atoms with E-state index in [1.165, 1.54) is 31.4 Å². The lowest BCUT2D eigenvalue weighted by atomic mass is 10.2. The predicted octanol–water partition coefficient (Wildman–Crippen LogP) is 4.00. The van der Waals surface area contributed by atoms with Crippen molar-refractivity contribution < 1.29 is 4.74 Å². The molecule has 1 fully saturated rings. The van der Waals surface area contributed by atoms with Gasteiger partial charge in [-0.25, -0.2) is 0 Å². The molecule has 1 aliphatic carbocycles. The van der Waals surface area contributed by atoms with Crippen molar-refractivity contribution in [1.29, 1.82) is 5.26 Å². The molecule has 0 aliphatic heterocycles. The van der Waals surface area contributed by atoms with E-state index in [0.29, 0.717) is 17.9 Å². The summed E-state index contributed by atoms with van der Waals surface area (Å²) in [5.41, 5.74) is 0.626. The first-order valence-corrected chi connectivity index (χ1v) is 7.68. The molecule has 0 aromatic heterocycles. The van der Waals surface area contributed by atoms with Gasteiger partial charge in [-0.1, -0.05) is 25.0 Å². The summed E-state index contributed by atoms with van der Waals surface area (Å²) in [7, 11) is 0. The fourth-order valence-electron chi connectivity index (χ4n) is 2.23. The van der Waals surface area contributed by atoms with Crippen molar-refractivity contribution in [3.8, 4) is 11.8 Å². The highest BCUT2D eigenvalue weighted by Crippen LogP contribution is 2.29. The molecule has 0 heterocycles. The van der Waals surface area contributed by atoms with Gasteiger partial charge in [0.25, 0.3) is 0 Å². The Hall–Kier alpha value is -1.14. The lowest BCUT2D eigenvalue weighted by Crippen LogP contribution is -2.02. The minimum atomic E-state index is 0.626. The maximum atomic E-state index is 8.93. The number of thioether (sulfide) groups is 1. The summed E-state index contributed by atoms with van der Waals surface area (Å²) in [5.74, 6) is 1.88. The second-order valence-corrected chi connectivity index (χ2v) is 6.00. The molecule has 0 spiro atoms. The van der Waals surface area contributed by atoms with Crippen molar-refractivity contribution in [2.24, 2.45) is 0 Å². The lowest BCUT2D eigenvalue weighted by Gasteiger charge is -2.10. The number of para-hydroxylation sites is 1. The van der Waals surface area contributed by atoms with Crippen molar-refractivity contribution in [3.63, 3.8) is 0 Å². The third-order valence-corrected chi connectivity index (χ3v) is 4.68. The van der Waals surface area contributed by atoms with Crippen LogP contribution in [0.4, 0.5) is 0 Å². The van der Waals surface area contributed by atoms with Crippen LogP contribution in [0, 0.1) is 11.3 Å². The van der Waals surface area contributed by atoms with E-state index in [-0.39, 0.29) is 0 Å². The van der Waals surface area contributed by atoms with Gasteiger partial charge in [0, 0.05) is 5.25 Å². The summed E-state index contributed by atoms with van der Waals surface area (Å²) in [5, 5.41) is 9.82. The van der Waals surface area contributed by atoms with Crippen LogP contribution in [0.5, 0.6) is 5.75 Å². The minimum Gasteiger partial charge on any atom is -0.492 e. The first-order valence-electron chi connectivity index (χ1n) is 6.63. The maximum absolute atomic E-state index is 8.93. The van der Waals surface area contributed by atoms with E-state index >= 15 is 0 Å². The average Bonchev–Trinajstić information content (AvgIpc) is 2.92. The molecule has 0 saturated heterocycles. The molecule has 0 radical (unpaired) electrons. The van der Waals surface area contributed by atoms with Crippen molar-refractivity contribution in [2.45, 2.75) is 37.4 Å². The number of rotatable bonds is 6. The number of hydrogen-bond acceptors (Lipinski definition) is 3. The third kappa shape index (κ3) is 3.96. The number of nitrogens with zero attached hydrogens (tertiary/aromatic N) is 1. The van der Waals surface area contributed by atoms with Crippen LogP contribution < -0.4 is 4.74 Å². The van der Waals surface area contributed by atoms with Crippen LogP contribution in [0.25, 0.3) is 0 Å².